The van der Waals surface area contributed by atoms with E-state index in [1.165, 1.54) is 4.88 Å². The Kier molecular flexibility index (Phi) is 5.67. The number of halogens is 1. The molecule has 1 unspecified atom stereocenters. The van der Waals surface area contributed by atoms with E-state index in [-0.39, 0.29) is 5.91 Å². The van der Waals surface area contributed by atoms with Crippen LogP contribution in [0.5, 0.6) is 5.75 Å². The molecule has 1 saturated heterocycles. The van der Waals surface area contributed by atoms with Gasteiger partial charge in [0.05, 0.1) is 12.7 Å². The summed E-state index contributed by atoms with van der Waals surface area (Å²) in [7, 11) is 1.62. The molecule has 3 rings (SSSR count). The van der Waals surface area contributed by atoms with Crippen LogP contribution in [-0.4, -0.2) is 36.8 Å². The lowest BCUT2D eigenvalue weighted by molar-refractivity contribution is 0.0765. The number of carbonyl (C=O) groups is 1. The van der Waals surface area contributed by atoms with E-state index in [2.05, 4.69) is 33.4 Å². The number of carbonyl (C=O) groups excluding carboxylic acids is 1. The normalized spacial score (nSPS) is 18.5. The number of thiophene rings is 1. The maximum absolute atomic E-state index is 12.9. The molecule has 0 spiro atoms. The van der Waals surface area contributed by atoms with Crippen LogP contribution < -0.4 is 4.74 Å². The molecule has 0 radical (unpaired) electrons. The van der Waals surface area contributed by atoms with Crippen LogP contribution in [0.1, 0.15) is 26.9 Å². The quantitative estimate of drug-likeness (QED) is 0.723. The van der Waals surface area contributed by atoms with Gasteiger partial charge < -0.3 is 9.64 Å². The number of methoxy groups -OCH3 is 1. The highest BCUT2D eigenvalue weighted by Crippen LogP contribution is 2.37. The fourth-order valence-corrected chi connectivity index (χ4v) is 5.29. The molecule has 0 bridgehead atoms. The zero-order valence-corrected chi connectivity index (χ0v) is 16.0. The summed E-state index contributed by atoms with van der Waals surface area (Å²) in [4.78, 5) is 16.2. The van der Waals surface area contributed by atoms with E-state index >= 15 is 0 Å². The van der Waals surface area contributed by atoms with E-state index in [4.69, 9.17) is 4.74 Å². The Morgan fingerprint density at radius 2 is 2.22 bits per heavy atom. The summed E-state index contributed by atoms with van der Waals surface area (Å²) >= 11 is 7.24. The third-order valence-electron chi connectivity index (χ3n) is 3.89. The van der Waals surface area contributed by atoms with Gasteiger partial charge in [0.25, 0.3) is 5.91 Å². The van der Waals surface area contributed by atoms with Gasteiger partial charge in [-0.05, 0) is 52.0 Å². The minimum atomic E-state index is 0.0724. The summed E-state index contributed by atoms with van der Waals surface area (Å²) in [5.41, 5.74) is 0.670. The molecule has 3 nitrogen and oxygen atoms in total. The number of nitrogens with zero attached hydrogens (tertiary/aromatic N) is 1. The molecule has 6 heteroatoms. The lowest BCUT2D eigenvalue weighted by Crippen LogP contribution is -2.33. The standard InChI is InChI=1S/C17H18BrNO2S2/c1-21-12-4-5-14(18)13(11-12)17(20)19-7-6-16(23-10-8-19)15-3-2-9-22-15/h2-5,9,11,16H,6-8,10H2,1H3. The van der Waals surface area contributed by atoms with Gasteiger partial charge in [-0.15, -0.1) is 11.3 Å². The highest BCUT2D eigenvalue weighted by atomic mass is 79.9. The summed E-state index contributed by atoms with van der Waals surface area (Å²) in [6.07, 6.45) is 0.999. The Morgan fingerprint density at radius 3 is 2.96 bits per heavy atom. The van der Waals surface area contributed by atoms with Crippen molar-refractivity contribution in [2.24, 2.45) is 0 Å². The third kappa shape index (κ3) is 3.92. The van der Waals surface area contributed by atoms with Crippen molar-refractivity contribution in [1.82, 2.24) is 4.90 Å². The Bertz CT molecular complexity index is 675. The molecule has 0 aliphatic carbocycles. The Hall–Kier alpha value is -0.980. The predicted octanol–water partition coefficient (Wildman–Crippen LogP) is 4.84. The summed E-state index contributed by atoms with van der Waals surface area (Å²) in [5, 5.41) is 2.62. The second-order valence-corrected chi connectivity index (χ2v) is 8.45. The van der Waals surface area contributed by atoms with Gasteiger partial charge in [-0.25, -0.2) is 0 Å². The molecule has 1 atom stereocenters. The minimum Gasteiger partial charge on any atom is -0.497 e. The van der Waals surface area contributed by atoms with Crippen molar-refractivity contribution in [3.05, 3.63) is 50.6 Å². The van der Waals surface area contributed by atoms with Crippen molar-refractivity contribution in [2.45, 2.75) is 11.7 Å². The highest BCUT2D eigenvalue weighted by Gasteiger charge is 2.24. The lowest BCUT2D eigenvalue weighted by atomic mass is 10.1. The zero-order chi connectivity index (χ0) is 16.2. The van der Waals surface area contributed by atoms with Crippen LogP contribution >= 0.6 is 39.0 Å². The molecule has 1 aliphatic rings. The molecule has 0 N–H and O–H groups in total. The van der Waals surface area contributed by atoms with Gasteiger partial charge in [0.1, 0.15) is 5.75 Å². The number of rotatable bonds is 3. The van der Waals surface area contributed by atoms with Crippen molar-refractivity contribution >= 4 is 44.9 Å². The largest absolute Gasteiger partial charge is 0.497 e. The molecule has 2 aromatic rings. The third-order valence-corrected chi connectivity index (χ3v) is 7.03. The van der Waals surface area contributed by atoms with Crippen LogP contribution in [0.2, 0.25) is 0 Å². The van der Waals surface area contributed by atoms with Crippen LogP contribution in [-0.2, 0) is 0 Å². The second kappa shape index (κ2) is 7.73. The van der Waals surface area contributed by atoms with E-state index in [9.17, 15) is 4.79 Å². The first-order valence-corrected chi connectivity index (χ1v) is 10.2. The van der Waals surface area contributed by atoms with Crippen LogP contribution in [0, 0.1) is 0 Å². The number of ether oxygens (including phenoxy) is 1. The molecule has 1 aromatic carbocycles. The Morgan fingerprint density at radius 1 is 1.35 bits per heavy atom. The predicted molar refractivity (Wildman–Crippen MR) is 101 cm³/mol. The van der Waals surface area contributed by atoms with Gasteiger partial charge >= 0.3 is 0 Å². The fourth-order valence-electron chi connectivity index (χ4n) is 2.64. The fraction of sp³-hybridized carbons (Fsp3) is 0.353. The number of benzene rings is 1. The van der Waals surface area contributed by atoms with Crippen molar-refractivity contribution < 1.29 is 9.53 Å². The number of amides is 1. The maximum atomic E-state index is 12.9. The van der Waals surface area contributed by atoms with Crippen LogP contribution in [0.15, 0.2) is 40.2 Å². The summed E-state index contributed by atoms with van der Waals surface area (Å²) < 4.78 is 6.06. The van der Waals surface area contributed by atoms with Gasteiger partial charge in [0.15, 0.2) is 0 Å². The molecule has 0 saturated carbocycles. The van der Waals surface area contributed by atoms with Gasteiger partial charge in [0.2, 0.25) is 0 Å². The van der Waals surface area contributed by atoms with Crippen LogP contribution in [0.3, 0.4) is 0 Å². The molecule has 122 valence electrons. The SMILES string of the molecule is COc1ccc(Br)c(C(=O)N2CCSC(c3cccs3)CC2)c1. The van der Waals surface area contributed by atoms with Crippen LogP contribution in [0.25, 0.3) is 0 Å². The number of thioether (sulfide) groups is 1. The maximum Gasteiger partial charge on any atom is 0.255 e. The summed E-state index contributed by atoms with van der Waals surface area (Å²) in [6, 6.07) is 9.82. The average molecular weight is 412 g/mol. The number of hydrogen-bond acceptors (Lipinski definition) is 4. The first-order chi connectivity index (χ1) is 11.2. The Labute approximate surface area is 153 Å². The molecule has 23 heavy (non-hydrogen) atoms. The monoisotopic (exact) mass is 411 g/mol. The van der Waals surface area contributed by atoms with Crippen LogP contribution in [0.4, 0.5) is 0 Å². The summed E-state index contributed by atoms with van der Waals surface area (Å²) in [6.45, 7) is 1.58. The van der Waals surface area contributed by atoms with Crippen molar-refractivity contribution in [3.63, 3.8) is 0 Å². The molecule has 1 aliphatic heterocycles. The van der Waals surface area contributed by atoms with Gasteiger partial charge in [-0.3, -0.25) is 4.79 Å². The highest BCUT2D eigenvalue weighted by molar-refractivity contribution is 9.10. The molecule has 1 aromatic heterocycles. The average Bonchev–Trinajstić information content (AvgIpc) is 2.99. The van der Waals surface area contributed by atoms with E-state index in [0.29, 0.717) is 16.6 Å². The topological polar surface area (TPSA) is 29.5 Å². The van der Waals surface area contributed by atoms with Gasteiger partial charge in [0, 0.05) is 33.4 Å². The van der Waals surface area contributed by atoms with E-state index in [1.807, 2.05) is 28.8 Å². The molecular formula is C17H18BrNO2S2. The van der Waals surface area contributed by atoms with Crippen molar-refractivity contribution in [1.29, 1.82) is 0 Å². The van der Waals surface area contributed by atoms with E-state index in [1.54, 1.807) is 24.5 Å². The van der Waals surface area contributed by atoms with E-state index < -0.39 is 0 Å². The van der Waals surface area contributed by atoms with E-state index in [0.717, 1.165) is 29.7 Å². The zero-order valence-electron chi connectivity index (χ0n) is 12.8. The smallest absolute Gasteiger partial charge is 0.255 e. The van der Waals surface area contributed by atoms with Crippen molar-refractivity contribution in [3.8, 4) is 5.75 Å². The van der Waals surface area contributed by atoms with Crippen molar-refractivity contribution in [2.75, 3.05) is 26.0 Å². The molecular weight excluding hydrogens is 394 g/mol. The Balaban J connectivity index is 1.73. The van der Waals surface area contributed by atoms with Gasteiger partial charge in [-0.1, -0.05) is 6.07 Å². The van der Waals surface area contributed by atoms with Gasteiger partial charge in [-0.2, -0.15) is 11.8 Å². The first-order valence-electron chi connectivity index (χ1n) is 7.47. The number of hydrogen-bond donors (Lipinski definition) is 0. The first kappa shape index (κ1) is 16.9. The lowest BCUT2D eigenvalue weighted by Gasteiger charge is -2.21. The minimum absolute atomic E-state index is 0.0724. The summed E-state index contributed by atoms with van der Waals surface area (Å²) in [5.74, 6) is 1.75. The molecule has 1 amide bonds. The second-order valence-electron chi connectivity index (χ2n) is 5.30. The molecule has 2 heterocycles. The molecule has 1 fully saturated rings.